The van der Waals surface area contributed by atoms with E-state index in [0.717, 1.165) is 28.7 Å². The SMILES string of the molecule is Cc1ccccc1CNc1nc2c(s1)CCC2C(=O)O. The summed E-state index contributed by atoms with van der Waals surface area (Å²) in [6, 6.07) is 8.21. The highest BCUT2D eigenvalue weighted by atomic mass is 32.1. The van der Waals surface area contributed by atoms with Crippen molar-refractivity contribution in [2.45, 2.75) is 32.2 Å². The molecular formula is C15H16N2O2S. The fraction of sp³-hybridized carbons (Fsp3) is 0.333. The molecule has 2 aromatic rings. The van der Waals surface area contributed by atoms with Crippen molar-refractivity contribution in [3.05, 3.63) is 46.0 Å². The Balaban J connectivity index is 1.73. The van der Waals surface area contributed by atoms with E-state index in [1.54, 1.807) is 11.3 Å². The first kappa shape index (κ1) is 13.1. The number of thiazole rings is 1. The number of nitrogens with one attached hydrogen (secondary N) is 1. The minimum Gasteiger partial charge on any atom is -0.481 e. The average Bonchev–Trinajstić information content (AvgIpc) is 2.96. The molecule has 0 amide bonds. The van der Waals surface area contributed by atoms with Gasteiger partial charge in [-0.25, -0.2) is 4.98 Å². The van der Waals surface area contributed by atoms with E-state index >= 15 is 0 Å². The Morgan fingerprint density at radius 3 is 3.05 bits per heavy atom. The Bertz CT molecular complexity index is 651. The van der Waals surface area contributed by atoms with Crippen LogP contribution in [0.15, 0.2) is 24.3 Å². The molecule has 4 nitrogen and oxygen atoms in total. The topological polar surface area (TPSA) is 62.2 Å². The van der Waals surface area contributed by atoms with Crippen molar-refractivity contribution >= 4 is 22.4 Å². The summed E-state index contributed by atoms with van der Waals surface area (Å²) in [7, 11) is 0. The number of aromatic nitrogens is 1. The summed E-state index contributed by atoms with van der Waals surface area (Å²) >= 11 is 1.58. The lowest BCUT2D eigenvalue weighted by molar-refractivity contribution is -0.138. The van der Waals surface area contributed by atoms with E-state index < -0.39 is 11.9 Å². The second-order valence-electron chi connectivity index (χ2n) is 5.04. The van der Waals surface area contributed by atoms with Gasteiger partial charge in [-0.3, -0.25) is 4.79 Å². The van der Waals surface area contributed by atoms with E-state index in [1.165, 1.54) is 11.1 Å². The molecule has 104 valence electrons. The van der Waals surface area contributed by atoms with E-state index in [2.05, 4.69) is 29.4 Å². The summed E-state index contributed by atoms with van der Waals surface area (Å²) in [6.07, 6.45) is 1.51. The number of aliphatic carboxylic acids is 1. The molecule has 1 aliphatic carbocycles. The van der Waals surface area contributed by atoms with Gasteiger partial charge in [0.05, 0.1) is 5.69 Å². The third kappa shape index (κ3) is 2.41. The Morgan fingerprint density at radius 2 is 2.30 bits per heavy atom. The summed E-state index contributed by atoms with van der Waals surface area (Å²) in [6.45, 7) is 2.80. The maximum Gasteiger partial charge on any atom is 0.312 e. The first-order chi connectivity index (χ1) is 9.65. The number of anilines is 1. The lowest BCUT2D eigenvalue weighted by atomic mass is 10.1. The maximum atomic E-state index is 11.1. The molecule has 1 atom stereocenters. The number of aryl methyl sites for hydroxylation is 2. The number of hydrogen-bond donors (Lipinski definition) is 2. The van der Waals surface area contributed by atoms with Crippen LogP contribution in [0.5, 0.6) is 0 Å². The molecule has 1 aromatic carbocycles. The molecule has 0 fully saturated rings. The maximum absolute atomic E-state index is 11.1. The molecule has 0 radical (unpaired) electrons. The number of fused-ring (bicyclic) bond motifs is 1. The molecule has 3 rings (SSSR count). The van der Waals surface area contributed by atoms with Crippen LogP contribution in [0.3, 0.4) is 0 Å². The Kier molecular flexibility index (Phi) is 3.44. The molecule has 1 aliphatic rings. The summed E-state index contributed by atoms with van der Waals surface area (Å²) < 4.78 is 0. The fourth-order valence-corrected chi connectivity index (χ4v) is 3.56. The van der Waals surface area contributed by atoms with E-state index in [-0.39, 0.29) is 0 Å². The minimum atomic E-state index is -0.764. The van der Waals surface area contributed by atoms with Crippen molar-refractivity contribution in [3.8, 4) is 0 Å². The second-order valence-corrected chi connectivity index (χ2v) is 6.12. The Morgan fingerprint density at radius 1 is 1.50 bits per heavy atom. The van der Waals surface area contributed by atoms with Gasteiger partial charge in [0.25, 0.3) is 0 Å². The average molecular weight is 288 g/mol. The molecule has 0 bridgehead atoms. The van der Waals surface area contributed by atoms with Crippen molar-refractivity contribution in [2.24, 2.45) is 0 Å². The zero-order valence-electron chi connectivity index (χ0n) is 11.2. The second kappa shape index (κ2) is 5.25. The molecule has 0 aliphatic heterocycles. The summed E-state index contributed by atoms with van der Waals surface area (Å²) in [5, 5.41) is 13.3. The molecule has 20 heavy (non-hydrogen) atoms. The molecular weight excluding hydrogens is 272 g/mol. The molecule has 2 N–H and O–H groups in total. The van der Waals surface area contributed by atoms with Crippen LogP contribution in [0, 0.1) is 6.92 Å². The fourth-order valence-electron chi connectivity index (χ4n) is 2.52. The standard InChI is InChI=1S/C15H16N2O2S/c1-9-4-2-3-5-10(9)8-16-15-17-13-11(14(18)19)6-7-12(13)20-15/h2-5,11H,6-8H2,1H3,(H,16,17)(H,18,19). The number of carbonyl (C=O) groups is 1. The number of hydrogen-bond acceptors (Lipinski definition) is 4. The first-order valence-corrected chi connectivity index (χ1v) is 7.47. The number of carboxylic acid groups (broad SMARTS) is 1. The van der Waals surface area contributed by atoms with Crippen LogP contribution < -0.4 is 5.32 Å². The van der Waals surface area contributed by atoms with Gasteiger partial charge in [-0.1, -0.05) is 24.3 Å². The quantitative estimate of drug-likeness (QED) is 0.907. The third-order valence-electron chi connectivity index (χ3n) is 3.71. The van der Waals surface area contributed by atoms with Gasteiger partial charge in [0.2, 0.25) is 0 Å². The molecule has 5 heteroatoms. The highest BCUT2D eigenvalue weighted by molar-refractivity contribution is 7.15. The van der Waals surface area contributed by atoms with Crippen molar-refractivity contribution in [1.82, 2.24) is 4.98 Å². The highest BCUT2D eigenvalue weighted by Gasteiger charge is 2.32. The van der Waals surface area contributed by atoms with Gasteiger partial charge in [-0.2, -0.15) is 0 Å². The Hall–Kier alpha value is -1.88. The largest absolute Gasteiger partial charge is 0.481 e. The van der Waals surface area contributed by atoms with Crippen LogP contribution in [0.4, 0.5) is 5.13 Å². The van der Waals surface area contributed by atoms with Crippen LogP contribution in [-0.4, -0.2) is 16.1 Å². The van der Waals surface area contributed by atoms with Crippen LogP contribution in [0.25, 0.3) is 0 Å². The zero-order valence-corrected chi connectivity index (χ0v) is 12.0. The molecule has 0 saturated heterocycles. The van der Waals surface area contributed by atoms with Gasteiger partial charge in [0.15, 0.2) is 5.13 Å². The lowest BCUT2D eigenvalue weighted by Crippen LogP contribution is -2.09. The third-order valence-corrected chi connectivity index (χ3v) is 4.80. The van der Waals surface area contributed by atoms with Gasteiger partial charge in [-0.05, 0) is 30.9 Å². The van der Waals surface area contributed by atoms with E-state index in [0.29, 0.717) is 6.42 Å². The van der Waals surface area contributed by atoms with Gasteiger partial charge >= 0.3 is 5.97 Å². The lowest BCUT2D eigenvalue weighted by Gasteiger charge is -2.06. The normalized spacial score (nSPS) is 16.9. The number of nitrogens with zero attached hydrogens (tertiary/aromatic N) is 1. The molecule has 1 aromatic heterocycles. The van der Waals surface area contributed by atoms with Gasteiger partial charge < -0.3 is 10.4 Å². The summed E-state index contributed by atoms with van der Waals surface area (Å²) in [5.74, 6) is -1.19. The first-order valence-electron chi connectivity index (χ1n) is 6.66. The zero-order chi connectivity index (χ0) is 14.1. The summed E-state index contributed by atoms with van der Waals surface area (Å²) in [5.41, 5.74) is 3.24. The van der Waals surface area contributed by atoms with E-state index in [9.17, 15) is 4.79 Å². The van der Waals surface area contributed by atoms with Crippen LogP contribution in [0.2, 0.25) is 0 Å². The smallest absolute Gasteiger partial charge is 0.312 e. The molecule has 1 heterocycles. The van der Waals surface area contributed by atoms with Gasteiger partial charge in [-0.15, -0.1) is 11.3 Å². The number of carboxylic acids is 1. The Labute approximate surface area is 121 Å². The minimum absolute atomic E-state index is 0.421. The van der Waals surface area contributed by atoms with Crippen LogP contribution in [0.1, 0.15) is 34.0 Å². The van der Waals surface area contributed by atoms with Crippen LogP contribution in [-0.2, 0) is 17.8 Å². The van der Waals surface area contributed by atoms with E-state index in [4.69, 9.17) is 5.11 Å². The molecule has 0 spiro atoms. The predicted octanol–water partition coefficient (Wildman–Crippen LogP) is 3.18. The van der Waals surface area contributed by atoms with Crippen molar-refractivity contribution in [2.75, 3.05) is 5.32 Å². The number of benzene rings is 1. The van der Waals surface area contributed by atoms with Crippen molar-refractivity contribution in [1.29, 1.82) is 0 Å². The predicted molar refractivity (Wildman–Crippen MR) is 79.3 cm³/mol. The summed E-state index contributed by atoms with van der Waals surface area (Å²) in [4.78, 5) is 16.7. The molecule has 1 unspecified atom stereocenters. The van der Waals surface area contributed by atoms with Crippen molar-refractivity contribution < 1.29 is 9.90 Å². The van der Waals surface area contributed by atoms with Crippen molar-refractivity contribution in [3.63, 3.8) is 0 Å². The van der Waals surface area contributed by atoms with Gasteiger partial charge in [0, 0.05) is 11.4 Å². The monoisotopic (exact) mass is 288 g/mol. The highest BCUT2D eigenvalue weighted by Crippen LogP contribution is 2.38. The molecule has 0 saturated carbocycles. The number of rotatable bonds is 4. The van der Waals surface area contributed by atoms with Gasteiger partial charge in [0.1, 0.15) is 5.92 Å². The van der Waals surface area contributed by atoms with Crippen LogP contribution >= 0.6 is 11.3 Å². The van der Waals surface area contributed by atoms with E-state index in [1.807, 2.05) is 12.1 Å².